The van der Waals surface area contributed by atoms with Crippen LogP contribution < -0.4 is 20.4 Å². The lowest BCUT2D eigenvalue weighted by Crippen LogP contribution is -2.56. The monoisotopic (exact) mass is 798 g/mol. The fourth-order valence-electron chi connectivity index (χ4n) is 10.7. The number of nitrogens with zero attached hydrogens (tertiary/aromatic N) is 12. The molecular formula is C44H46N16. The van der Waals surface area contributed by atoms with Gasteiger partial charge in [-0.1, -0.05) is 0 Å². The number of hydrogen-bond donors (Lipinski definition) is 4. The average molecular weight is 799 g/mol. The number of fused-ring (bicyclic) bond motifs is 4. The number of aromatic nitrogens is 12. The topological polar surface area (TPSA) is 175 Å². The summed E-state index contributed by atoms with van der Waals surface area (Å²) in [5.41, 5.74) is 7.41. The second-order valence-corrected chi connectivity index (χ2v) is 17.1. The molecule has 3 saturated heterocycles. The summed E-state index contributed by atoms with van der Waals surface area (Å²) >= 11 is 0. The zero-order valence-corrected chi connectivity index (χ0v) is 33.3. The van der Waals surface area contributed by atoms with E-state index in [1.165, 1.54) is 19.3 Å². The van der Waals surface area contributed by atoms with Crippen molar-refractivity contribution in [2.24, 2.45) is 17.8 Å². The molecule has 16 nitrogen and oxygen atoms in total. The number of anilines is 2. The van der Waals surface area contributed by atoms with Gasteiger partial charge in [0.25, 0.3) is 0 Å². The molecular weight excluding hydrogens is 753 g/mol. The third kappa shape index (κ3) is 6.20. The van der Waals surface area contributed by atoms with Crippen molar-refractivity contribution < 1.29 is 0 Å². The first-order valence-electron chi connectivity index (χ1n) is 21.2. The Kier molecular flexibility index (Phi) is 8.47. The maximum absolute atomic E-state index is 4.76. The molecule has 0 spiro atoms. The van der Waals surface area contributed by atoms with Gasteiger partial charge >= 0.3 is 0 Å². The van der Waals surface area contributed by atoms with Crippen LogP contribution in [0.15, 0.2) is 97.8 Å². The van der Waals surface area contributed by atoms with E-state index in [1.54, 1.807) is 12.4 Å². The van der Waals surface area contributed by atoms with Crippen molar-refractivity contribution in [1.82, 2.24) is 71.0 Å². The van der Waals surface area contributed by atoms with Crippen LogP contribution in [0.25, 0.3) is 55.7 Å². The Labute approximate surface area is 345 Å². The molecule has 0 radical (unpaired) electrons. The van der Waals surface area contributed by atoms with Crippen molar-refractivity contribution in [1.29, 1.82) is 0 Å². The molecule has 5 atom stereocenters. The van der Waals surface area contributed by atoms with Gasteiger partial charge in [-0.05, 0) is 111 Å². The first-order chi connectivity index (χ1) is 29.6. The van der Waals surface area contributed by atoms with Gasteiger partial charge < -0.3 is 20.4 Å². The molecule has 2 bridgehead atoms. The van der Waals surface area contributed by atoms with E-state index in [2.05, 4.69) is 107 Å². The Hall–Kier alpha value is -6.52. The number of piperazine rings is 1. The first kappa shape index (κ1) is 35.4. The molecule has 60 heavy (non-hydrogen) atoms. The number of nitrogens with one attached hydrogen (secondary N) is 4. The highest BCUT2D eigenvalue weighted by atomic mass is 15.3. The molecule has 4 aliphatic rings. The van der Waals surface area contributed by atoms with Crippen molar-refractivity contribution in [3.05, 3.63) is 97.8 Å². The van der Waals surface area contributed by atoms with Crippen molar-refractivity contribution >= 4 is 33.4 Å². The maximum atomic E-state index is 4.76. The minimum atomic E-state index is 0.430. The minimum Gasteiger partial charge on any atom is -0.355 e. The molecule has 8 aromatic rings. The Bertz CT molecular complexity index is 2740. The third-order valence-corrected chi connectivity index (χ3v) is 13.8. The van der Waals surface area contributed by atoms with Crippen molar-refractivity contribution in [2.45, 2.75) is 56.3 Å². The standard InChI is InChI=1S/C44H46N16/c1-57(41-10-6-36(51-53-41)30-4-8-39(59-15-2-12-48-59)43-34(30)23-46-55-43)29-20-27-18-26(19-28(21-29)50-27)32-22-33(32)38-25-58(17-14-45-38)42-11-7-37(52-54-42)31-5-9-40(60-16-3-13-49-60)44-35(31)24-47-56-44/h2-13,15-16,23-24,26-29,32-33,38,45,50H,14,17-22,25H2,1H3,(H,46,55)(H,47,56)/t26?,27-,28-,29?,32?,33?,38-/m0/s1. The summed E-state index contributed by atoms with van der Waals surface area (Å²) in [6.07, 6.45) is 17.2. The molecule has 3 aliphatic heterocycles. The zero-order valence-electron chi connectivity index (χ0n) is 33.3. The molecule has 1 saturated carbocycles. The Morgan fingerprint density at radius 2 is 1.32 bits per heavy atom. The number of aromatic amines is 2. The number of rotatable bonds is 9. The fraction of sp³-hybridized carbons (Fsp3) is 0.364. The van der Waals surface area contributed by atoms with Crippen molar-refractivity contribution in [3.63, 3.8) is 0 Å². The molecule has 2 aromatic carbocycles. The van der Waals surface area contributed by atoms with Crippen LogP contribution in [-0.4, -0.2) is 111 Å². The maximum Gasteiger partial charge on any atom is 0.151 e. The van der Waals surface area contributed by atoms with Gasteiger partial charge in [0.1, 0.15) is 0 Å². The summed E-state index contributed by atoms with van der Waals surface area (Å²) in [4.78, 5) is 4.78. The highest BCUT2D eigenvalue weighted by molar-refractivity contribution is 5.98. The van der Waals surface area contributed by atoms with E-state index in [4.69, 9.17) is 20.4 Å². The quantitative estimate of drug-likeness (QED) is 0.151. The fourth-order valence-corrected chi connectivity index (χ4v) is 10.7. The molecule has 4 N–H and O–H groups in total. The highest BCUT2D eigenvalue weighted by Gasteiger charge is 2.51. The largest absolute Gasteiger partial charge is 0.355 e. The van der Waals surface area contributed by atoms with Crippen LogP contribution in [0.3, 0.4) is 0 Å². The summed E-state index contributed by atoms with van der Waals surface area (Å²) in [5.74, 6) is 4.13. The zero-order chi connectivity index (χ0) is 39.7. The molecule has 0 amide bonds. The lowest BCUT2D eigenvalue weighted by atomic mass is 9.75. The van der Waals surface area contributed by atoms with Crippen LogP contribution in [0.5, 0.6) is 0 Å². The summed E-state index contributed by atoms with van der Waals surface area (Å²) in [6, 6.07) is 22.5. The average Bonchev–Trinajstić information content (AvgIpc) is 3.91. The van der Waals surface area contributed by atoms with E-state index in [-0.39, 0.29) is 0 Å². The normalized spacial score (nSPS) is 25.2. The highest BCUT2D eigenvalue weighted by Crippen LogP contribution is 2.52. The van der Waals surface area contributed by atoms with Crippen LogP contribution in [0.4, 0.5) is 11.6 Å². The van der Waals surface area contributed by atoms with Gasteiger partial charge in [-0.15, -0.1) is 20.4 Å². The summed E-state index contributed by atoms with van der Waals surface area (Å²) in [6.45, 7) is 2.86. The van der Waals surface area contributed by atoms with E-state index in [1.807, 2.05) is 46.3 Å². The van der Waals surface area contributed by atoms with Gasteiger partial charge in [0.15, 0.2) is 11.6 Å². The van der Waals surface area contributed by atoms with Gasteiger partial charge in [0.05, 0.1) is 46.2 Å². The molecule has 1 aliphatic carbocycles. The van der Waals surface area contributed by atoms with E-state index < -0.39 is 0 Å². The smallest absolute Gasteiger partial charge is 0.151 e. The van der Waals surface area contributed by atoms with Crippen LogP contribution in [0.2, 0.25) is 0 Å². The molecule has 6 aromatic heterocycles. The van der Waals surface area contributed by atoms with E-state index in [9.17, 15) is 0 Å². The van der Waals surface area contributed by atoms with Crippen LogP contribution in [-0.2, 0) is 0 Å². The summed E-state index contributed by atoms with van der Waals surface area (Å²) in [7, 11) is 2.19. The SMILES string of the molecule is CN(c1ccc(-c2ccc(-n3cccn3)c3[nH]ncc23)nn1)C1C[C@@H]2CC(C3CC3[C@@H]3CN(c4ccc(-c5ccc(-n6cccn6)c6[nH]ncc56)nn4)CCN3)C[C@@H](C1)N2. The number of benzene rings is 2. The van der Waals surface area contributed by atoms with Gasteiger partial charge in [0.2, 0.25) is 0 Å². The molecule has 302 valence electrons. The van der Waals surface area contributed by atoms with E-state index in [0.717, 1.165) is 112 Å². The second kappa shape index (κ2) is 14.3. The van der Waals surface area contributed by atoms with Crippen LogP contribution in [0.1, 0.15) is 32.1 Å². The Morgan fingerprint density at radius 3 is 1.90 bits per heavy atom. The minimum absolute atomic E-state index is 0.430. The van der Waals surface area contributed by atoms with Crippen LogP contribution in [0, 0.1) is 17.8 Å². The van der Waals surface area contributed by atoms with Crippen LogP contribution >= 0.6 is 0 Å². The van der Waals surface area contributed by atoms with E-state index in [0.29, 0.717) is 30.1 Å². The first-order valence-corrected chi connectivity index (χ1v) is 21.2. The predicted octanol–water partition coefficient (Wildman–Crippen LogP) is 5.17. The number of H-pyrrole nitrogens is 2. The Morgan fingerprint density at radius 1 is 0.667 bits per heavy atom. The van der Waals surface area contributed by atoms with Gasteiger partial charge in [-0.2, -0.15) is 20.4 Å². The molecule has 16 heteroatoms. The second-order valence-electron chi connectivity index (χ2n) is 17.1. The van der Waals surface area contributed by atoms with E-state index >= 15 is 0 Å². The van der Waals surface area contributed by atoms with Crippen molar-refractivity contribution in [3.8, 4) is 33.9 Å². The van der Waals surface area contributed by atoms with Crippen molar-refractivity contribution in [2.75, 3.05) is 36.5 Å². The molecule has 9 heterocycles. The third-order valence-electron chi connectivity index (χ3n) is 13.8. The van der Waals surface area contributed by atoms with Gasteiger partial charge in [-0.3, -0.25) is 10.2 Å². The molecule has 2 unspecified atom stereocenters. The Balaban J connectivity index is 0.669. The lowest BCUT2D eigenvalue weighted by molar-refractivity contribution is 0.150. The summed E-state index contributed by atoms with van der Waals surface area (Å²) < 4.78 is 3.69. The molecule has 4 fully saturated rings. The predicted molar refractivity (Wildman–Crippen MR) is 229 cm³/mol. The molecule has 12 rings (SSSR count). The number of piperidine rings is 2. The number of hydrogen-bond acceptors (Lipinski definition) is 12. The van der Waals surface area contributed by atoms with Gasteiger partial charge in [-0.25, -0.2) is 9.36 Å². The summed E-state index contributed by atoms with van der Waals surface area (Å²) in [5, 5.41) is 52.6. The van der Waals surface area contributed by atoms with Gasteiger partial charge in [0, 0.05) is 97.5 Å². The lowest BCUT2D eigenvalue weighted by Gasteiger charge is -2.46.